The van der Waals surface area contributed by atoms with E-state index in [2.05, 4.69) is 15.5 Å². The number of hydrogen-bond donors (Lipinski definition) is 3. The fraction of sp³-hybridized carbons (Fsp3) is 0.412. The van der Waals surface area contributed by atoms with Gasteiger partial charge in [0.25, 0.3) is 5.91 Å². The summed E-state index contributed by atoms with van der Waals surface area (Å²) in [4.78, 5) is 12.1. The van der Waals surface area contributed by atoms with Crippen LogP contribution in [0.1, 0.15) is 30.8 Å². The summed E-state index contributed by atoms with van der Waals surface area (Å²) in [7, 11) is 1.60. The first-order chi connectivity index (χ1) is 11.0. The van der Waals surface area contributed by atoms with Gasteiger partial charge in [-0.3, -0.25) is 9.89 Å². The maximum absolute atomic E-state index is 12.1. The molecule has 6 nitrogen and oxygen atoms in total. The number of carbonyl (C=O) groups is 1. The number of amides is 1. The Hall–Kier alpha value is -2.34. The van der Waals surface area contributed by atoms with Crippen LogP contribution in [0.5, 0.6) is 5.75 Å². The summed E-state index contributed by atoms with van der Waals surface area (Å²) >= 11 is 0. The van der Waals surface area contributed by atoms with Crippen LogP contribution in [0.2, 0.25) is 0 Å². The largest absolute Gasteiger partial charge is 0.496 e. The van der Waals surface area contributed by atoms with Crippen molar-refractivity contribution in [1.82, 2.24) is 15.5 Å². The van der Waals surface area contributed by atoms with Gasteiger partial charge in [-0.1, -0.05) is 26.0 Å². The summed E-state index contributed by atoms with van der Waals surface area (Å²) in [6, 6.07) is 9.18. The lowest BCUT2D eigenvalue weighted by Crippen LogP contribution is -2.28. The predicted molar refractivity (Wildman–Crippen MR) is 88.4 cm³/mol. The zero-order chi connectivity index (χ0) is 16.8. The number of ether oxygens (including phenoxy) is 1. The normalized spacial score (nSPS) is 12.2. The molecule has 3 N–H and O–H groups in total. The lowest BCUT2D eigenvalue weighted by atomic mass is 10.0. The van der Waals surface area contributed by atoms with Crippen LogP contribution in [0.25, 0.3) is 11.3 Å². The van der Waals surface area contributed by atoms with Crippen LogP contribution in [-0.2, 0) is 0 Å². The Morgan fingerprint density at radius 2 is 2.13 bits per heavy atom. The van der Waals surface area contributed by atoms with E-state index in [9.17, 15) is 9.90 Å². The van der Waals surface area contributed by atoms with Gasteiger partial charge in [-0.2, -0.15) is 5.10 Å². The highest BCUT2D eigenvalue weighted by molar-refractivity contribution is 5.93. The van der Waals surface area contributed by atoms with E-state index in [1.54, 1.807) is 13.2 Å². The van der Waals surface area contributed by atoms with Gasteiger partial charge in [-0.25, -0.2) is 0 Å². The van der Waals surface area contributed by atoms with E-state index in [1.807, 2.05) is 38.1 Å². The van der Waals surface area contributed by atoms with Crippen molar-refractivity contribution in [2.75, 3.05) is 13.7 Å². The summed E-state index contributed by atoms with van der Waals surface area (Å²) < 4.78 is 5.30. The van der Waals surface area contributed by atoms with Gasteiger partial charge in [-0.15, -0.1) is 0 Å². The zero-order valence-electron chi connectivity index (χ0n) is 13.7. The first-order valence-corrected chi connectivity index (χ1v) is 7.68. The molecule has 0 spiro atoms. The molecule has 0 saturated heterocycles. The third-order valence-electron chi connectivity index (χ3n) is 3.70. The van der Waals surface area contributed by atoms with E-state index in [0.717, 1.165) is 5.56 Å². The smallest absolute Gasteiger partial charge is 0.269 e. The fourth-order valence-corrected chi connectivity index (χ4v) is 2.19. The summed E-state index contributed by atoms with van der Waals surface area (Å²) in [6.45, 7) is 4.31. The number of aliphatic hydroxyl groups is 1. The van der Waals surface area contributed by atoms with Gasteiger partial charge in [0.15, 0.2) is 0 Å². The van der Waals surface area contributed by atoms with Gasteiger partial charge in [0.1, 0.15) is 11.4 Å². The van der Waals surface area contributed by atoms with Crippen LogP contribution >= 0.6 is 0 Å². The van der Waals surface area contributed by atoms with Gasteiger partial charge >= 0.3 is 0 Å². The van der Waals surface area contributed by atoms with Crippen LogP contribution in [0.15, 0.2) is 30.3 Å². The minimum absolute atomic E-state index is 0.177. The van der Waals surface area contributed by atoms with E-state index >= 15 is 0 Å². The van der Waals surface area contributed by atoms with E-state index in [1.165, 1.54) is 0 Å². The highest BCUT2D eigenvalue weighted by atomic mass is 16.5. The summed E-state index contributed by atoms with van der Waals surface area (Å²) in [5, 5.41) is 19.4. The standard InChI is InChI=1S/C17H23N3O3/c1-11(2)15(21)8-9-18-17(22)14-10-13(19-20-14)12-6-4-5-7-16(12)23-3/h4-7,10-11,15,21H,8-9H2,1-3H3,(H,18,22)(H,19,20). The van der Waals surface area contributed by atoms with E-state index in [0.29, 0.717) is 30.1 Å². The van der Waals surface area contributed by atoms with Crippen molar-refractivity contribution < 1.29 is 14.6 Å². The number of hydrogen-bond acceptors (Lipinski definition) is 4. The molecule has 2 rings (SSSR count). The van der Waals surface area contributed by atoms with Crippen LogP contribution in [0.4, 0.5) is 0 Å². The Bertz CT molecular complexity index is 652. The van der Waals surface area contributed by atoms with Crippen molar-refractivity contribution in [3.63, 3.8) is 0 Å². The molecule has 0 saturated carbocycles. The van der Waals surface area contributed by atoms with E-state index in [-0.39, 0.29) is 11.8 Å². The van der Waals surface area contributed by atoms with Gasteiger partial charge in [0, 0.05) is 12.1 Å². The predicted octanol–water partition coefficient (Wildman–Crippen LogP) is 2.22. The quantitative estimate of drug-likeness (QED) is 0.731. The number of nitrogens with zero attached hydrogens (tertiary/aromatic N) is 1. The third-order valence-corrected chi connectivity index (χ3v) is 3.70. The molecule has 0 aliphatic rings. The molecule has 0 aliphatic heterocycles. The summed E-state index contributed by atoms with van der Waals surface area (Å²) in [5.41, 5.74) is 1.85. The second kappa shape index (κ2) is 7.78. The zero-order valence-corrected chi connectivity index (χ0v) is 13.7. The molecule has 0 aliphatic carbocycles. The number of rotatable bonds is 7. The van der Waals surface area contributed by atoms with Crippen molar-refractivity contribution in [3.05, 3.63) is 36.0 Å². The second-order valence-corrected chi connectivity index (χ2v) is 5.72. The molecule has 1 aromatic carbocycles. The number of aromatic amines is 1. The SMILES string of the molecule is COc1ccccc1-c1cc(C(=O)NCCC(O)C(C)C)[nH]n1. The minimum Gasteiger partial charge on any atom is -0.496 e. The molecule has 23 heavy (non-hydrogen) atoms. The molecule has 1 heterocycles. The molecule has 1 amide bonds. The van der Waals surface area contributed by atoms with Crippen molar-refractivity contribution in [2.24, 2.45) is 5.92 Å². The average molecular weight is 317 g/mol. The molecular weight excluding hydrogens is 294 g/mol. The molecule has 2 aromatic rings. The molecule has 1 unspecified atom stereocenters. The van der Waals surface area contributed by atoms with Crippen molar-refractivity contribution >= 4 is 5.91 Å². The number of para-hydroxylation sites is 1. The highest BCUT2D eigenvalue weighted by Crippen LogP contribution is 2.28. The summed E-state index contributed by atoms with van der Waals surface area (Å²) in [6.07, 6.45) is 0.109. The monoisotopic (exact) mass is 317 g/mol. The minimum atomic E-state index is -0.416. The van der Waals surface area contributed by atoms with Crippen LogP contribution in [0, 0.1) is 5.92 Å². The Balaban J connectivity index is 2.00. The number of nitrogens with one attached hydrogen (secondary N) is 2. The van der Waals surface area contributed by atoms with Crippen LogP contribution < -0.4 is 10.1 Å². The Morgan fingerprint density at radius 1 is 1.39 bits per heavy atom. The van der Waals surface area contributed by atoms with E-state index in [4.69, 9.17) is 4.74 Å². The Kier molecular flexibility index (Phi) is 5.76. The van der Waals surface area contributed by atoms with Gasteiger partial charge in [0.2, 0.25) is 0 Å². The molecule has 0 fully saturated rings. The first kappa shape index (κ1) is 17.0. The van der Waals surface area contributed by atoms with Gasteiger partial charge in [0.05, 0.1) is 18.9 Å². The number of carbonyl (C=O) groups excluding carboxylic acids is 1. The molecule has 6 heteroatoms. The number of benzene rings is 1. The maximum atomic E-state index is 12.1. The number of methoxy groups -OCH3 is 1. The number of H-pyrrole nitrogens is 1. The highest BCUT2D eigenvalue weighted by Gasteiger charge is 2.14. The fourth-order valence-electron chi connectivity index (χ4n) is 2.19. The average Bonchev–Trinajstić information content (AvgIpc) is 3.04. The van der Waals surface area contributed by atoms with Crippen molar-refractivity contribution in [3.8, 4) is 17.0 Å². The maximum Gasteiger partial charge on any atom is 0.269 e. The third kappa shape index (κ3) is 4.32. The van der Waals surface area contributed by atoms with Gasteiger partial charge < -0.3 is 15.2 Å². The molecule has 0 radical (unpaired) electrons. The van der Waals surface area contributed by atoms with Crippen LogP contribution in [-0.4, -0.2) is 41.0 Å². The second-order valence-electron chi connectivity index (χ2n) is 5.72. The lowest BCUT2D eigenvalue weighted by Gasteiger charge is -2.14. The van der Waals surface area contributed by atoms with Gasteiger partial charge in [-0.05, 0) is 30.5 Å². The Morgan fingerprint density at radius 3 is 2.83 bits per heavy atom. The van der Waals surface area contributed by atoms with Crippen LogP contribution in [0.3, 0.4) is 0 Å². The van der Waals surface area contributed by atoms with Crippen molar-refractivity contribution in [2.45, 2.75) is 26.4 Å². The molecule has 124 valence electrons. The topological polar surface area (TPSA) is 87.2 Å². The Labute approximate surface area is 135 Å². The number of aromatic nitrogens is 2. The van der Waals surface area contributed by atoms with E-state index < -0.39 is 6.10 Å². The van der Waals surface area contributed by atoms with Crippen molar-refractivity contribution in [1.29, 1.82) is 0 Å². The molecule has 0 bridgehead atoms. The number of aliphatic hydroxyl groups excluding tert-OH is 1. The molecule has 1 aromatic heterocycles. The molecule has 1 atom stereocenters. The lowest BCUT2D eigenvalue weighted by molar-refractivity contribution is 0.0915. The summed E-state index contributed by atoms with van der Waals surface area (Å²) in [5.74, 6) is 0.636. The first-order valence-electron chi connectivity index (χ1n) is 7.68. The molecular formula is C17H23N3O3.